The number of hydrogen-bond acceptors (Lipinski definition) is 4. The van der Waals surface area contributed by atoms with Crippen LogP contribution in [0.2, 0.25) is 0 Å². The lowest BCUT2D eigenvalue weighted by molar-refractivity contribution is -0.123. The second-order valence-corrected chi connectivity index (χ2v) is 7.54. The van der Waals surface area contributed by atoms with Gasteiger partial charge in [-0.1, -0.05) is 32.9 Å². The van der Waals surface area contributed by atoms with Crippen molar-refractivity contribution in [3.63, 3.8) is 0 Å². The van der Waals surface area contributed by atoms with Crippen molar-refractivity contribution in [1.82, 2.24) is 14.5 Å². The lowest BCUT2D eigenvalue weighted by atomic mass is 9.95. The quantitative estimate of drug-likeness (QED) is 0.777. The average molecular weight is 340 g/mol. The van der Waals surface area contributed by atoms with Crippen molar-refractivity contribution in [3.05, 3.63) is 42.0 Å². The van der Waals surface area contributed by atoms with E-state index in [9.17, 15) is 4.79 Å². The molecule has 0 aliphatic rings. The summed E-state index contributed by atoms with van der Waals surface area (Å²) in [4.78, 5) is 21.0. The zero-order chi connectivity index (χ0) is 17.3. The van der Waals surface area contributed by atoms with Crippen LogP contribution in [0.5, 0.6) is 0 Å². The molecule has 2 aromatic heterocycles. The second kappa shape index (κ2) is 6.20. The van der Waals surface area contributed by atoms with Crippen LogP contribution in [-0.4, -0.2) is 20.4 Å². The Morgan fingerprint density at radius 2 is 1.92 bits per heavy atom. The number of hydrogen-bond donors (Lipinski definition) is 1. The summed E-state index contributed by atoms with van der Waals surface area (Å²) in [5.41, 5.74) is 2.30. The first-order valence-corrected chi connectivity index (χ1v) is 8.58. The smallest absolute Gasteiger partial charge is 0.229 e. The van der Waals surface area contributed by atoms with Gasteiger partial charge in [-0.05, 0) is 12.1 Å². The van der Waals surface area contributed by atoms with Crippen molar-refractivity contribution in [2.75, 3.05) is 5.32 Å². The van der Waals surface area contributed by atoms with Crippen molar-refractivity contribution >= 4 is 22.9 Å². The number of carbonyl (C=O) groups is 1. The van der Waals surface area contributed by atoms with Crippen LogP contribution >= 0.6 is 11.3 Å². The minimum Gasteiger partial charge on any atom is -0.332 e. The molecule has 0 aliphatic heterocycles. The molecule has 3 aromatic rings. The molecule has 0 aliphatic carbocycles. The van der Waals surface area contributed by atoms with E-state index < -0.39 is 5.41 Å². The highest BCUT2D eigenvalue weighted by molar-refractivity contribution is 7.13. The normalized spacial score (nSPS) is 11.5. The molecule has 0 radical (unpaired) electrons. The molecular weight excluding hydrogens is 320 g/mol. The van der Waals surface area contributed by atoms with Crippen LogP contribution in [0, 0.1) is 5.41 Å². The van der Waals surface area contributed by atoms with Crippen LogP contribution in [0.3, 0.4) is 0 Å². The van der Waals surface area contributed by atoms with Gasteiger partial charge in [0.25, 0.3) is 0 Å². The Morgan fingerprint density at radius 3 is 2.50 bits per heavy atom. The summed E-state index contributed by atoms with van der Waals surface area (Å²) >= 11 is 1.57. The fraction of sp³-hybridized carbons (Fsp3) is 0.278. The molecule has 0 spiro atoms. The Balaban J connectivity index is 1.78. The average Bonchev–Trinajstić information content (AvgIpc) is 3.15. The highest BCUT2D eigenvalue weighted by Crippen LogP contribution is 2.28. The van der Waals surface area contributed by atoms with Crippen LogP contribution in [0.1, 0.15) is 20.8 Å². The predicted molar refractivity (Wildman–Crippen MR) is 97.8 cm³/mol. The Kier molecular flexibility index (Phi) is 4.24. The number of aromatic nitrogens is 3. The first kappa shape index (κ1) is 16.4. The molecular formula is C18H20N4OS. The van der Waals surface area contributed by atoms with E-state index in [1.807, 2.05) is 68.2 Å². The first-order chi connectivity index (χ1) is 11.3. The summed E-state index contributed by atoms with van der Waals surface area (Å²) in [7, 11) is 1.95. The van der Waals surface area contributed by atoms with Crippen molar-refractivity contribution in [2.24, 2.45) is 12.5 Å². The third kappa shape index (κ3) is 3.38. The van der Waals surface area contributed by atoms with E-state index in [0.717, 1.165) is 27.8 Å². The predicted octanol–water partition coefficient (Wildman–Crippen LogP) is 4.20. The molecule has 1 aromatic carbocycles. The molecule has 2 heterocycles. The number of rotatable bonds is 3. The van der Waals surface area contributed by atoms with Gasteiger partial charge in [-0.25, -0.2) is 9.97 Å². The number of carbonyl (C=O) groups excluding carboxylic acids is 1. The van der Waals surface area contributed by atoms with Crippen LogP contribution in [0.15, 0.2) is 42.0 Å². The maximum atomic E-state index is 12.0. The summed E-state index contributed by atoms with van der Waals surface area (Å²) in [6, 6.07) is 7.74. The number of imidazole rings is 1. The van der Waals surface area contributed by atoms with E-state index in [1.165, 1.54) is 0 Å². The number of aryl methyl sites for hydroxylation is 1. The Hall–Kier alpha value is -2.47. The maximum absolute atomic E-state index is 12.0. The largest absolute Gasteiger partial charge is 0.332 e. The van der Waals surface area contributed by atoms with Crippen molar-refractivity contribution in [1.29, 1.82) is 0 Å². The maximum Gasteiger partial charge on any atom is 0.229 e. The molecule has 0 saturated heterocycles. The monoisotopic (exact) mass is 340 g/mol. The summed E-state index contributed by atoms with van der Waals surface area (Å²) in [5, 5.41) is 5.84. The van der Waals surface area contributed by atoms with Gasteiger partial charge < -0.3 is 9.88 Å². The van der Waals surface area contributed by atoms with Gasteiger partial charge in [0.05, 0.1) is 5.69 Å². The molecule has 124 valence electrons. The van der Waals surface area contributed by atoms with Crippen molar-refractivity contribution in [3.8, 4) is 22.1 Å². The standard InChI is InChI=1S/C18H20N4OS/c1-18(2,3)17(23)20-13-7-5-12(6-8-13)14-11-24-16(21-14)15-19-9-10-22(15)4/h5-11H,1-4H3,(H,20,23). The minimum atomic E-state index is -0.412. The zero-order valence-electron chi connectivity index (χ0n) is 14.2. The van der Waals surface area contributed by atoms with E-state index in [-0.39, 0.29) is 5.91 Å². The molecule has 1 amide bonds. The minimum absolute atomic E-state index is 0.000904. The van der Waals surface area contributed by atoms with Crippen LogP contribution in [0.4, 0.5) is 5.69 Å². The number of benzene rings is 1. The Bertz CT molecular complexity index is 856. The number of amides is 1. The molecule has 0 bridgehead atoms. The van der Waals surface area contributed by atoms with Gasteiger partial charge in [-0.2, -0.15) is 0 Å². The molecule has 3 rings (SSSR count). The third-order valence-electron chi connectivity index (χ3n) is 3.64. The van der Waals surface area contributed by atoms with Gasteiger partial charge in [0, 0.05) is 41.5 Å². The molecule has 0 fully saturated rings. The number of anilines is 1. The molecule has 6 heteroatoms. The van der Waals surface area contributed by atoms with Gasteiger partial charge >= 0.3 is 0 Å². The van der Waals surface area contributed by atoms with E-state index in [1.54, 1.807) is 17.5 Å². The van der Waals surface area contributed by atoms with Gasteiger partial charge in [0.2, 0.25) is 5.91 Å². The molecule has 0 atom stereocenters. The van der Waals surface area contributed by atoms with E-state index in [0.29, 0.717) is 0 Å². The Morgan fingerprint density at radius 1 is 1.21 bits per heavy atom. The summed E-state index contributed by atoms with van der Waals surface area (Å²) < 4.78 is 1.95. The molecule has 5 nitrogen and oxygen atoms in total. The van der Waals surface area contributed by atoms with Gasteiger partial charge in [0.1, 0.15) is 0 Å². The molecule has 24 heavy (non-hydrogen) atoms. The van der Waals surface area contributed by atoms with Crippen LogP contribution in [0.25, 0.3) is 22.1 Å². The zero-order valence-corrected chi connectivity index (χ0v) is 15.0. The summed E-state index contributed by atoms with van der Waals surface area (Å²) in [6.45, 7) is 5.68. The Labute approximate surface area is 145 Å². The fourth-order valence-corrected chi connectivity index (χ4v) is 2.99. The van der Waals surface area contributed by atoms with Gasteiger partial charge in [0.15, 0.2) is 10.8 Å². The van der Waals surface area contributed by atoms with E-state index in [4.69, 9.17) is 0 Å². The fourth-order valence-electron chi connectivity index (χ4n) is 2.12. The lowest BCUT2D eigenvalue weighted by Crippen LogP contribution is -2.27. The molecule has 0 saturated carbocycles. The topological polar surface area (TPSA) is 59.8 Å². The van der Waals surface area contributed by atoms with Crippen LogP contribution in [-0.2, 0) is 11.8 Å². The van der Waals surface area contributed by atoms with Crippen molar-refractivity contribution < 1.29 is 4.79 Å². The van der Waals surface area contributed by atoms with E-state index in [2.05, 4.69) is 15.3 Å². The van der Waals surface area contributed by atoms with Gasteiger partial charge in [-0.15, -0.1) is 11.3 Å². The molecule has 1 N–H and O–H groups in total. The molecule has 0 unspecified atom stereocenters. The second-order valence-electron chi connectivity index (χ2n) is 6.68. The van der Waals surface area contributed by atoms with E-state index >= 15 is 0 Å². The van der Waals surface area contributed by atoms with Crippen LogP contribution < -0.4 is 5.32 Å². The van der Waals surface area contributed by atoms with Crippen molar-refractivity contribution in [2.45, 2.75) is 20.8 Å². The summed E-state index contributed by atoms with van der Waals surface area (Å²) in [6.07, 6.45) is 3.67. The number of nitrogens with one attached hydrogen (secondary N) is 1. The SMILES string of the molecule is Cn1ccnc1-c1nc(-c2ccc(NC(=O)C(C)(C)C)cc2)cs1. The highest BCUT2D eigenvalue weighted by atomic mass is 32.1. The third-order valence-corrected chi connectivity index (χ3v) is 4.47. The van der Waals surface area contributed by atoms with Gasteiger partial charge in [-0.3, -0.25) is 4.79 Å². The highest BCUT2D eigenvalue weighted by Gasteiger charge is 2.21. The lowest BCUT2D eigenvalue weighted by Gasteiger charge is -2.17. The summed E-state index contributed by atoms with van der Waals surface area (Å²) in [5.74, 6) is 0.862. The number of thiazole rings is 1. The first-order valence-electron chi connectivity index (χ1n) is 7.70. The number of nitrogens with zero attached hydrogens (tertiary/aromatic N) is 3.